The summed E-state index contributed by atoms with van der Waals surface area (Å²) in [6, 6.07) is 0. The summed E-state index contributed by atoms with van der Waals surface area (Å²) < 4.78 is 29.4. The third-order valence-electron chi connectivity index (χ3n) is 17.9. The van der Waals surface area contributed by atoms with Crippen molar-refractivity contribution in [3.63, 3.8) is 0 Å². The van der Waals surface area contributed by atoms with Gasteiger partial charge in [0.05, 0.1) is 24.7 Å². The molecule has 5 aliphatic carbocycles. The Morgan fingerprint density at radius 1 is 0.767 bits per heavy atom. The molecule has 0 radical (unpaired) electrons. The number of esters is 2. The molecule has 7 rings (SSSR count). The van der Waals surface area contributed by atoms with E-state index in [1.807, 2.05) is 6.92 Å². The lowest BCUT2D eigenvalue weighted by molar-refractivity contribution is -0.324. The molecule has 4 saturated carbocycles. The third kappa shape index (κ3) is 7.23. The number of aliphatic hydroxyl groups is 7. The Kier molecular flexibility index (Phi) is 12.6. The Labute approximate surface area is 355 Å². The number of hydrogen-bond acceptors (Lipinski definition) is 14. The van der Waals surface area contributed by atoms with Gasteiger partial charge >= 0.3 is 11.9 Å². The molecule has 2 heterocycles. The molecule has 3 unspecified atom stereocenters. The predicted molar refractivity (Wildman–Crippen MR) is 216 cm³/mol. The van der Waals surface area contributed by atoms with Gasteiger partial charge in [-0.25, -0.2) is 4.79 Å². The summed E-state index contributed by atoms with van der Waals surface area (Å²) in [4.78, 5) is 27.5. The van der Waals surface area contributed by atoms with Crippen LogP contribution in [0.15, 0.2) is 11.6 Å². The van der Waals surface area contributed by atoms with Crippen LogP contribution in [0.25, 0.3) is 0 Å². The third-order valence-corrected chi connectivity index (χ3v) is 17.9. The zero-order valence-corrected chi connectivity index (χ0v) is 37.0. The van der Waals surface area contributed by atoms with E-state index in [4.69, 9.17) is 23.7 Å². The number of hydrogen-bond donors (Lipinski definition) is 7. The van der Waals surface area contributed by atoms with E-state index in [-0.39, 0.29) is 51.6 Å². The quantitative estimate of drug-likeness (QED) is 0.0762. The zero-order valence-electron chi connectivity index (χ0n) is 37.0. The van der Waals surface area contributed by atoms with E-state index in [0.29, 0.717) is 31.6 Å². The Bertz CT molecular complexity index is 1630. The van der Waals surface area contributed by atoms with Gasteiger partial charge in [0.2, 0.25) is 6.29 Å². The van der Waals surface area contributed by atoms with E-state index in [1.54, 1.807) is 0 Å². The van der Waals surface area contributed by atoms with Crippen molar-refractivity contribution < 1.29 is 69.0 Å². The van der Waals surface area contributed by atoms with Crippen LogP contribution in [0.2, 0.25) is 0 Å². The standard InChI is InChI=1S/C46H74O14/c1-9-10-21-56-37(54)36-33(51)32(50)35(53)39(59-36)58-29-14-15-43(6)27(42(29,4)5)13-16-45(8)28(43)12-11-24-25-22-41(2,3)17-19-46(25,20-18-44(24,45)7)40(55)60-38-34(52)31(49)30(48)26(23-47)57-38/h11,25-36,38-39,47-53H,9-10,12-23H2,1-8H3/t25?,26-,27?,28?,29+,30-,31+,32+,33+,34-,35-,36+,38-,39-,43+,44-,45-,46+/m1/s1. The maximum atomic E-state index is 14.6. The van der Waals surface area contributed by atoms with Crippen LogP contribution in [-0.4, -0.2) is 128 Å². The molecule has 2 saturated heterocycles. The monoisotopic (exact) mass is 851 g/mol. The highest BCUT2D eigenvalue weighted by molar-refractivity contribution is 5.79. The molecule has 7 N–H and O–H groups in total. The van der Waals surface area contributed by atoms with Crippen LogP contribution in [-0.2, 0) is 33.3 Å². The van der Waals surface area contributed by atoms with E-state index in [2.05, 4.69) is 54.5 Å². The number of carbonyl (C=O) groups is 2. The highest BCUT2D eigenvalue weighted by Crippen LogP contribution is 2.76. The normalized spacial score (nSPS) is 49.5. The van der Waals surface area contributed by atoms with Gasteiger partial charge in [-0.15, -0.1) is 0 Å². The maximum Gasteiger partial charge on any atom is 0.338 e. The summed E-state index contributed by atoms with van der Waals surface area (Å²) in [6.45, 7) is 17.8. The summed E-state index contributed by atoms with van der Waals surface area (Å²) >= 11 is 0. The second-order valence-corrected chi connectivity index (χ2v) is 21.9. The molecule has 0 aromatic carbocycles. The van der Waals surface area contributed by atoms with E-state index in [9.17, 15) is 45.3 Å². The highest BCUT2D eigenvalue weighted by atomic mass is 16.7. The first-order valence-corrected chi connectivity index (χ1v) is 22.8. The summed E-state index contributed by atoms with van der Waals surface area (Å²) in [6.07, 6.45) is -3.85. The SMILES string of the molecule is CCCCOC(=O)[C@H]1O[C@@H](O[C@H]2CC[C@@]3(C)C(CC[C@]4(C)C3CC=C3C5CC(C)(C)CC[C@]5(C(=O)O[C@H]5O[C@H](CO)[C@@H](O)[C@H](O)[C@H]5O)CC[C@]34C)C2(C)C)[C@H](O)[C@@H](O)[C@@H]1O. The molecule has 342 valence electrons. The summed E-state index contributed by atoms with van der Waals surface area (Å²) in [5.41, 5.74) is -0.363. The minimum Gasteiger partial charge on any atom is -0.464 e. The number of aliphatic hydroxyl groups excluding tert-OH is 7. The van der Waals surface area contributed by atoms with Gasteiger partial charge in [-0.1, -0.05) is 73.5 Å². The van der Waals surface area contributed by atoms with Crippen molar-refractivity contribution in [2.45, 2.75) is 200 Å². The first-order valence-electron chi connectivity index (χ1n) is 22.8. The summed E-state index contributed by atoms with van der Waals surface area (Å²) in [5, 5.41) is 74.0. The molecule has 60 heavy (non-hydrogen) atoms. The molecular formula is C46H74O14. The Morgan fingerprint density at radius 2 is 1.43 bits per heavy atom. The van der Waals surface area contributed by atoms with Gasteiger partial charge in [0.25, 0.3) is 0 Å². The number of rotatable bonds is 9. The molecule has 0 spiro atoms. The summed E-state index contributed by atoms with van der Waals surface area (Å²) in [5.74, 6) is -0.815. The molecular weight excluding hydrogens is 776 g/mol. The van der Waals surface area contributed by atoms with Gasteiger partial charge in [-0.2, -0.15) is 0 Å². The van der Waals surface area contributed by atoms with Crippen molar-refractivity contribution in [2.24, 2.45) is 50.2 Å². The average molecular weight is 851 g/mol. The van der Waals surface area contributed by atoms with Crippen LogP contribution in [0.5, 0.6) is 0 Å². The minimum absolute atomic E-state index is 0.0282. The number of ether oxygens (including phenoxy) is 5. The van der Waals surface area contributed by atoms with Gasteiger partial charge in [-0.3, -0.25) is 4.79 Å². The lowest BCUT2D eigenvalue weighted by atomic mass is 9.33. The first kappa shape index (κ1) is 46.3. The van der Waals surface area contributed by atoms with Crippen LogP contribution in [0.1, 0.15) is 132 Å². The first-order chi connectivity index (χ1) is 28.0. The number of fused-ring (bicyclic) bond motifs is 7. The minimum atomic E-state index is -1.67. The molecule has 0 bridgehead atoms. The molecule has 18 atom stereocenters. The highest BCUT2D eigenvalue weighted by Gasteiger charge is 2.70. The van der Waals surface area contributed by atoms with Crippen LogP contribution in [0.4, 0.5) is 0 Å². The van der Waals surface area contributed by atoms with Crippen molar-refractivity contribution >= 4 is 11.9 Å². The Hall–Kier alpha value is -1.72. The van der Waals surface area contributed by atoms with Crippen LogP contribution >= 0.6 is 0 Å². The van der Waals surface area contributed by atoms with E-state index in [1.165, 1.54) is 5.57 Å². The Morgan fingerprint density at radius 3 is 2.12 bits per heavy atom. The fourth-order valence-electron chi connectivity index (χ4n) is 13.9. The molecule has 6 fully saturated rings. The summed E-state index contributed by atoms with van der Waals surface area (Å²) in [7, 11) is 0. The molecule has 0 amide bonds. The van der Waals surface area contributed by atoms with E-state index in [0.717, 1.165) is 51.4 Å². The average Bonchev–Trinajstić information content (AvgIpc) is 3.19. The number of carbonyl (C=O) groups excluding carboxylic acids is 2. The maximum absolute atomic E-state index is 14.6. The molecule has 2 aliphatic heterocycles. The van der Waals surface area contributed by atoms with Crippen molar-refractivity contribution in [1.82, 2.24) is 0 Å². The van der Waals surface area contributed by atoms with Gasteiger partial charge < -0.3 is 59.4 Å². The second kappa shape index (κ2) is 16.4. The molecule has 14 nitrogen and oxygen atoms in total. The lowest BCUT2D eigenvalue weighted by Gasteiger charge is -2.71. The van der Waals surface area contributed by atoms with Crippen molar-refractivity contribution in [3.05, 3.63) is 11.6 Å². The molecule has 14 heteroatoms. The van der Waals surface area contributed by atoms with E-state index >= 15 is 0 Å². The second-order valence-electron chi connectivity index (χ2n) is 21.9. The number of unbranched alkanes of at least 4 members (excludes halogenated alkanes) is 1. The van der Waals surface area contributed by atoms with Crippen molar-refractivity contribution in [1.29, 1.82) is 0 Å². The number of allylic oxidation sites excluding steroid dienone is 2. The van der Waals surface area contributed by atoms with Crippen LogP contribution in [0, 0.1) is 50.2 Å². The topological polar surface area (TPSA) is 222 Å². The van der Waals surface area contributed by atoms with Gasteiger partial charge in [-0.05, 0) is 115 Å². The van der Waals surface area contributed by atoms with Crippen molar-refractivity contribution in [3.8, 4) is 0 Å². The van der Waals surface area contributed by atoms with Gasteiger partial charge in [0, 0.05) is 0 Å². The fourth-order valence-corrected chi connectivity index (χ4v) is 13.9. The molecule has 7 aliphatic rings. The largest absolute Gasteiger partial charge is 0.464 e. The Balaban J connectivity index is 1.13. The van der Waals surface area contributed by atoms with Crippen LogP contribution < -0.4 is 0 Å². The zero-order chi connectivity index (χ0) is 44.0. The van der Waals surface area contributed by atoms with Crippen molar-refractivity contribution in [2.75, 3.05) is 13.2 Å². The molecule has 0 aromatic rings. The smallest absolute Gasteiger partial charge is 0.338 e. The van der Waals surface area contributed by atoms with Gasteiger partial charge in [0.1, 0.15) is 42.7 Å². The van der Waals surface area contributed by atoms with Gasteiger partial charge in [0.15, 0.2) is 12.4 Å². The van der Waals surface area contributed by atoms with E-state index < -0.39 is 85.4 Å². The lowest BCUT2D eigenvalue weighted by Crippen LogP contribution is -2.66. The fraction of sp³-hybridized carbons (Fsp3) is 0.913. The predicted octanol–water partition coefficient (Wildman–Crippen LogP) is 3.67. The van der Waals surface area contributed by atoms with Crippen LogP contribution in [0.3, 0.4) is 0 Å². The molecule has 0 aromatic heterocycles.